The Morgan fingerprint density at radius 3 is 2.92 bits per heavy atom. The summed E-state index contributed by atoms with van der Waals surface area (Å²) in [5.41, 5.74) is 2.01. The number of ether oxygens (including phenoxy) is 1. The van der Waals surface area contributed by atoms with Crippen LogP contribution < -0.4 is 0 Å². The van der Waals surface area contributed by atoms with Crippen LogP contribution in [0.25, 0.3) is 11.0 Å². The molecular formula is C18H21N3O2S. The second-order valence-electron chi connectivity index (χ2n) is 6.35. The zero-order valence-corrected chi connectivity index (χ0v) is 14.4. The van der Waals surface area contributed by atoms with E-state index in [-0.39, 0.29) is 18.1 Å². The average Bonchev–Trinajstić information content (AvgIpc) is 3.32. The van der Waals surface area contributed by atoms with E-state index in [4.69, 9.17) is 4.74 Å². The molecule has 0 unspecified atom stereocenters. The zero-order valence-electron chi connectivity index (χ0n) is 13.6. The van der Waals surface area contributed by atoms with Crippen LogP contribution in [-0.4, -0.2) is 57.6 Å². The minimum absolute atomic E-state index is 0.0174. The summed E-state index contributed by atoms with van der Waals surface area (Å²) in [6.45, 7) is 1.47. The Balaban J connectivity index is 1.60. The first-order chi connectivity index (χ1) is 11.8. The quantitative estimate of drug-likeness (QED) is 0.854. The molecule has 0 bridgehead atoms. The van der Waals surface area contributed by atoms with E-state index in [9.17, 15) is 4.79 Å². The third kappa shape index (κ3) is 3.26. The molecule has 3 heterocycles. The molecule has 126 valence electrons. The summed E-state index contributed by atoms with van der Waals surface area (Å²) < 4.78 is 5.76. The Morgan fingerprint density at radius 2 is 2.17 bits per heavy atom. The van der Waals surface area contributed by atoms with Crippen LogP contribution in [0.1, 0.15) is 29.8 Å². The fraction of sp³-hybridized carbons (Fsp3) is 0.500. The molecule has 0 aliphatic carbocycles. The van der Waals surface area contributed by atoms with Gasteiger partial charge in [0.15, 0.2) is 0 Å². The summed E-state index contributed by atoms with van der Waals surface area (Å²) in [5.74, 6) is 2.10. The molecule has 1 aromatic carbocycles. The molecule has 2 atom stereocenters. The van der Waals surface area contributed by atoms with Gasteiger partial charge in [-0.3, -0.25) is 9.78 Å². The Morgan fingerprint density at radius 1 is 1.29 bits per heavy atom. The van der Waals surface area contributed by atoms with Crippen LogP contribution in [0.5, 0.6) is 0 Å². The molecule has 6 heteroatoms. The number of hydrogen-bond acceptors (Lipinski definition) is 5. The lowest BCUT2D eigenvalue weighted by molar-refractivity contribution is 0.0437. The van der Waals surface area contributed by atoms with E-state index >= 15 is 0 Å². The standard InChI is InChI=1S/C18H21N3O2S/c22-18(17-10-19-15-5-1-2-6-16(15)20-17)21(13-7-9-24-12-13)11-14-4-3-8-23-14/h1-2,5-6,10,13-14H,3-4,7-9,11-12H2/t13-,14+/m1/s1. The predicted octanol–water partition coefficient (Wildman–Crippen LogP) is 2.76. The first-order valence-electron chi connectivity index (χ1n) is 8.53. The lowest BCUT2D eigenvalue weighted by Gasteiger charge is -2.30. The molecule has 0 N–H and O–H groups in total. The molecule has 2 aromatic rings. The summed E-state index contributed by atoms with van der Waals surface area (Å²) >= 11 is 1.91. The van der Waals surface area contributed by atoms with E-state index < -0.39 is 0 Å². The number of carbonyl (C=O) groups excluding carboxylic acids is 1. The van der Waals surface area contributed by atoms with E-state index in [2.05, 4.69) is 9.97 Å². The topological polar surface area (TPSA) is 55.3 Å². The van der Waals surface area contributed by atoms with E-state index in [0.717, 1.165) is 48.4 Å². The first-order valence-corrected chi connectivity index (χ1v) is 9.69. The van der Waals surface area contributed by atoms with Crippen molar-refractivity contribution in [3.05, 3.63) is 36.2 Å². The molecule has 4 rings (SSSR count). The molecular weight excluding hydrogens is 322 g/mol. The van der Waals surface area contributed by atoms with Crippen LogP contribution >= 0.6 is 11.8 Å². The number of benzene rings is 1. The Labute approximate surface area is 145 Å². The Bertz CT molecular complexity index is 727. The predicted molar refractivity (Wildman–Crippen MR) is 95.3 cm³/mol. The summed E-state index contributed by atoms with van der Waals surface area (Å²) in [5, 5.41) is 0. The zero-order chi connectivity index (χ0) is 16.4. The third-order valence-electron chi connectivity index (χ3n) is 4.70. The van der Waals surface area contributed by atoms with Gasteiger partial charge in [0, 0.05) is 24.9 Å². The minimum Gasteiger partial charge on any atom is -0.376 e. The van der Waals surface area contributed by atoms with Gasteiger partial charge in [0.25, 0.3) is 5.91 Å². The van der Waals surface area contributed by atoms with Crippen molar-refractivity contribution in [2.24, 2.45) is 0 Å². The van der Waals surface area contributed by atoms with E-state index in [0.29, 0.717) is 12.2 Å². The number of nitrogens with zero attached hydrogens (tertiary/aromatic N) is 3. The molecule has 1 amide bonds. The number of thioether (sulfide) groups is 1. The molecule has 24 heavy (non-hydrogen) atoms. The number of amides is 1. The largest absolute Gasteiger partial charge is 0.376 e. The Hall–Kier alpha value is -1.66. The fourth-order valence-electron chi connectivity index (χ4n) is 3.38. The number of rotatable bonds is 4. The van der Waals surface area contributed by atoms with Gasteiger partial charge in [-0.15, -0.1) is 0 Å². The lowest BCUT2D eigenvalue weighted by Crippen LogP contribution is -2.45. The molecule has 2 aliphatic heterocycles. The summed E-state index contributed by atoms with van der Waals surface area (Å²) in [4.78, 5) is 24.0. The van der Waals surface area contributed by atoms with E-state index in [1.165, 1.54) is 0 Å². The van der Waals surface area contributed by atoms with Crippen LogP contribution in [0.2, 0.25) is 0 Å². The summed E-state index contributed by atoms with van der Waals surface area (Å²) in [6.07, 6.45) is 4.93. The van der Waals surface area contributed by atoms with Crippen LogP contribution in [0.3, 0.4) is 0 Å². The molecule has 2 aliphatic rings. The van der Waals surface area contributed by atoms with Gasteiger partial charge in [0.1, 0.15) is 5.69 Å². The van der Waals surface area contributed by atoms with Crippen LogP contribution in [0.15, 0.2) is 30.5 Å². The summed E-state index contributed by atoms with van der Waals surface area (Å²) in [7, 11) is 0. The van der Waals surface area contributed by atoms with Gasteiger partial charge >= 0.3 is 0 Å². The second kappa shape index (κ2) is 7.07. The normalized spacial score (nSPS) is 23.7. The van der Waals surface area contributed by atoms with Gasteiger partial charge in [-0.1, -0.05) is 12.1 Å². The molecule has 0 saturated carbocycles. The SMILES string of the molecule is O=C(c1cnc2ccccc2n1)N(C[C@@H]1CCCO1)[C@@H]1CCSC1. The summed E-state index contributed by atoms with van der Waals surface area (Å²) in [6, 6.07) is 7.93. The van der Waals surface area contributed by atoms with Gasteiger partial charge in [-0.25, -0.2) is 4.98 Å². The first kappa shape index (κ1) is 15.8. The highest BCUT2D eigenvalue weighted by Gasteiger charge is 2.32. The van der Waals surface area contributed by atoms with Crippen LogP contribution in [0, 0.1) is 0 Å². The van der Waals surface area contributed by atoms with Crippen molar-refractivity contribution in [3.63, 3.8) is 0 Å². The van der Waals surface area contributed by atoms with E-state index in [1.807, 2.05) is 40.9 Å². The highest BCUT2D eigenvalue weighted by Crippen LogP contribution is 2.26. The number of para-hydroxylation sites is 2. The number of hydrogen-bond donors (Lipinski definition) is 0. The number of aromatic nitrogens is 2. The van der Waals surface area contributed by atoms with Crippen molar-refractivity contribution in [2.45, 2.75) is 31.4 Å². The van der Waals surface area contributed by atoms with Crippen molar-refractivity contribution in [2.75, 3.05) is 24.7 Å². The van der Waals surface area contributed by atoms with Gasteiger partial charge in [0.2, 0.25) is 0 Å². The smallest absolute Gasteiger partial charge is 0.274 e. The van der Waals surface area contributed by atoms with Gasteiger partial charge < -0.3 is 9.64 Å². The van der Waals surface area contributed by atoms with Crippen molar-refractivity contribution >= 4 is 28.7 Å². The third-order valence-corrected chi connectivity index (χ3v) is 5.84. The van der Waals surface area contributed by atoms with Crippen LogP contribution in [0.4, 0.5) is 0 Å². The van der Waals surface area contributed by atoms with Crippen molar-refractivity contribution in [1.29, 1.82) is 0 Å². The highest BCUT2D eigenvalue weighted by molar-refractivity contribution is 7.99. The van der Waals surface area contributed by atoms with E-state index in [1.54, 1.807) is 6.20 Å². The Kier molecular flexibility index (Phi) is 4.67. The second-order valence-corrected chi connectivity index (χ2v) is 7.50. The maximum atomic E-state index is 13.1. The van der Waals surface area contributed by atoms with Gasteiger partial charge in [0.05, 0.1) is 23.3 Å². The van der Waals surface area contributed by atoms with Crippen molar-refractivity contribution < 1.29 is 9.53 Å². The molecule has 5 nitrogen and oxygen atoms in total. The van der Waals surface area contributed by atoms with Crippen molar-refractivity contribution in [1.82, 2.24) is 14.9 Å². The minimum atomic E-state index is -0.0174. The maximum absolute atomic E-state index is 13.1. The van der Waals surface area contributed by atoms with Gasteiger partial charge in [-0.2, -0.15) is 11.8 Å². The van der Waals surface area contributed by atoms with Gasteiger partial charge in [-0.05, 0) is 37.1 Å². The molecule has 2 fully saturated rings. The average molecular weight is 343 g/mol. The fourth-order valence-corrected chi connectivity index (χ4v) is 4.60. The van der Waals surface area contributed by atoms with Crippen molar-refractivity contribution in [3.8, 4) is 0 Å². The van der Waals surface area contributed by atoms with Crippen LogP contribution in [-0.2, 0) is 4.74 Å². The molecule has 0 spiro atoms. The molecule has 0 radical (unpaired) electrons. The highest BCUT2D eigenvalue weighted by atomic mass is 32.2. The maximum Gasteiger partial charge on any atom is 0.274 e. The number of fused-ring (bicyclic) bond motifs is 1. The lowest BCUT2D eigenvalue weighted by atomic mass is 10.1. The molecule has 2 saturated heterocycles. The molecule has 1 aromatic heterocycles. The number of carbonyl (C=O) groups is 1. The monoisotopic (exact) mass is 343 g/mol.